The smallest absolute Gasteiger partial charge is 0.311 e. The van der Waals surface area contributed by atoms with Gasteiger partial charge in [-0.3, -0.25) is 14.9 Å². The van der Waals surface area contributed by atoms with Gasteiger partial charge in [0, 0.05) is 30.7 Å². The molecule has 6 nitrogen and oxygen atoms in total. The molecule has 0 aliphatic heterocycles. The van der Waals surface area contributed by atoms with Crippen LogP contribution in [0.1, 0.15) is 16.1 Å². The summed E-state index contributed by atoms with van der Waals surface area (Å²) >= 11 is 1.27. The molecule has 22 heavy (non-hydrogen) atoms. The van der Waals surface area contributed by atoms with E-state index in [1.165, 1.54) is 18.4 Å². The zero-order valence-electron chi connectivity index (χ0n) is 12.6. The summed E-state index contributed by atoms with van der Waals surface area (Å²) in [5.74, 6) is -0.593. The number of benzene rings is 1. The van der Waals surface area contributed by atoms with E-state index >= 15 is 0 Å². The van der Waals surface area contributed by atoms with Crippen molar-refractivity contribution in [2.45, 2.75) is 6.42 Å². The molecule has 0 saturated heterocycles. The molecule has 0 saturated carbocycles. The molecule has 1 aromatic heterocycles. The highest BCUT2D eigenvalue weighted by Crippen LogP contribution is 2.19. The first-order chi connectivity index (χ1) is 10.5. The number of ether oxygens (including phenoxy) is 1. The molecule has 0 aliphatic carbocycles. The third-order valence-corrected chi connectivity index (χ3v) is 3.76. The third-order valence-electron chi connectivity index (χ3n) is 2.95. The van der Waals surface area contributed by atoms with Crippen molar-refractivity contribution >= 4 is 34.0 Å². The van der Waals surface area contributed by atoms with E-state index in [1.54, 1.807) is 17.5 Å². The third kappa shape index (κ3) is 4.05. The topological polar surface area (TPSA) is 71.5 Å². The minimum absolute atomic E-state index is 0.0962. The molecular formula is C15H17N3O3S. The lowest BCUT2D eigenvalue weighted by Gasteiger charge is -2.13. The Hall–Kier alpha value is -2.41. The second kappa shape index (κ2) is 7.04. The number of amides is 1. The lowest BCUT2D eigenvalue weighted by molar-refractivity contribution is -0.139. The van der Waals surface area contributed by atoms with Crippen LogP contribution in [0.3, 0.4) is 0 Å². The second-order valence-electron chi connectivity index (χ2n) is 4.80. The Morgan fingerprint density at radius 2 is 2.14 bits per heavy atom. The fourth-order valence-electron chi connectivity index (χ4n) is 1.76. The fraction of sp³-hybridized carbons (Fsp3) is 0.267. The molecule has 0 aliphatic rings. The summed E-state index contributed by atoms with van der Waals surface area (Å²) in [6.07, 6.45) is 0.0962. The number of nitrogens with one attached hydrogen (secondary N) is 1. The Bertz CT molecular complexity index is 682. The van der Waals surface area contributed by atoms with Crippen LogP contribution in [0.4, 0.5) is 10.8 Å². The molecule has 2 aromatic rings. The Morgan fingerprint density at radius 1 is 1.36 bits per heavy atom. The maximum atomic E-state index is 12.2. The van der Waals surface area contributed by atoms with Crippen molar-refractivity contribution in [1.82, 2.24) is 4.98 Å². The van der Waals surface area contributed by atoms with E-state index in [2.05, 4.69) is 15.0 Å². The number of carbonyl (C=O) groups excluding carboxylic acids is 2. The van der Waals surface area contributed by atoms with Crippen LogP contribution in [0.15, 0.2) is 29.6 Å². The van der Waals surface area contributed by atoms with Gasteiger partial charge in [-0.15, -0.1) is 11.3 Å². The second-order valence-corrected chi connectivity index (χ2v) is 5.65. The average Bonchev–Trinajstić information content (AvgIpc) is 2.94. The summed E-state index contributed by atoms with van der Waals surface area (Å²) < 4.78 is 4.58. The van der Waals surface area contributed by atoms with Gasteiger partial charge in [0.05, 0.1) is 19.2 Å². The van der Waals surface area contributed by atoms with Gasteiger partial charge in [0.2, 0.25) is 0 Å². The number of hydrogen-bond acceptors (Lipinski definition) is 6. The highest BCUT2D eigenvalue weighted by molar-refractivity contribution is 7.14. The minimum Gasteiger partial charge on any atom is -0.469 e. The van der Waals surface area contributed by atoms with Gasteiger partial charge in [0.25, 0.3) is 5.91 Å². The molecule has 0 spiro atoms. The van der Waals surface area contributed by atoms with E-state index in [9.17, 15) is 9.59 Å². The van der Waals surface area contributed by atoms with Gasteiger partial charge < -0.3 is 9.64 Å². The van der Waals surface area contributed by atoms with Crippen LogP contribution in [0.5, 0.6) is 0 Å². The van der Waals surface area contributed by atoms with Crippen molar-refractivity contribution in [2.75, 3.05) is 31.4 Å². The first-order valence-electron chi connectivity index (χ1n) is 6.59. The monoisotopic (exact) mass is 319 g/mol. The summed E-state index contributed by atoms with van der Waals surface area (Å²) in [6.45, 7) is 0. The number of aromatic nitrogens is 1. The average molecular weight is 319 g/mol. The van der Waals surface area contributed by atoms with Crippen molar-refractivity contribution < 1.29 is 14.3 Å². The highest BCUT2D eigenvalue weighted by Gasteiger charge is 2.12. The molecule has 1 aromatic carbocycles. The predicted molar refractivity (Wildman–Crippen MR) is 86.6 cm³/mol. The summed E-state index contributed by atoms with van der Waals surface area (Å²) in [7, 11) is 5.16. The molecule has 0 bridgehead atoms. The first-order valence-corrected chi connectivity index (χ1v) is 7.47. The van der Waals surface area contributed by atoms with Crippen LogP contribution in [-0.2, 0) is 16.0 Å². The largest absolute Gasteiger partial charge is 0.469 e. The van der Waals surface area contributed by atoms with Gasteiger partial charge in [0.15, 0.2) is 5.13 Å². The number of anilines is 2. The van der Waals surface area contributed by atoms with E-state index < -0.39 is 0 Å². The molecule has 1 N–H and O–H groups in total. The standard InChI is InChI=1S/C15H17N3O3S/c1-18(2)12-6-4-5-10(7-12)14(20)17-15-16-11(9-22-15)8-13(19)21-3/h4-7,9H,8H2,1-3H3,(H,16,17,20). The quantitative estimate of drug-likeness (QED) is 0.855. The summed E-state index contributed by atoms with van der Waals surface area (Å²) in [6, 6.07) is 7.30. The molecule has 0 atom stereocenters. The maximum Gasteiger partial charge on any atom is 0.311 e. The van der Waals surface area contributed by atoms with Crippen molar-refractivity contribution in [3.05, 3.63) is 40.9 Å². The SMILES string of the molecule is COC(=O)Cc1csc(NC(=O)c2cccc(N(C)C)c2)n1. The maximum absolute atomic E-state index is 12.2. The zero-order valence-corrected chi connectivity index (χ0v) is 13.4. The summed E-state index contributed by atoms with van der Waals surface area (Å²) in [4.78, 5) is 29.5. The summed E-state index contributed by atoms with van der Waals surface area (Å²) in [5, 5.41) is 4.92. The minimum atomic E-state index is -0.359. The number of hydrogen-bond donors (Lipinski definition) is 1. The van der Waals surface area contributed by atoms with E-state index in [1.807, 2.05) is 31.1 Å². The Balaban J connectivity index is 2.06. The number of esters is 1. The van der Waals surface area contributed by atoms with E-state index in [0.29, 0.717) is 16.4 Å². The predicted octanol–water partition coefficient (Wildman–Crippen LogP) is 2.18. The number of rotatable bonds is 5. The van der Waals surface area contributed by atoms with Gasteiger partial charge in [-0.2, -0.15) is 0 Å². The molecule has 0 unspecified atom stereocenters. The van der Waals surface area contributed by atoms with Crippen LogP contribution >= 0.6 is 11.3 Å². The number of carbonyl (C=O) groups is 2. The van der Waals surface area contributed by atoms with Gasteiger partial charge in [-0.05, 0) is 18.2 Å². The van der Waals surface area contributed by atoms with Gasteiger partial charge in [-0.1, -0.05) is 6.07 Å². The van der Waals surface area contributed by atoms with Gasteiger partial charge >= 0.3 is 5.97 Å². The molecule has 1 amide bonds. The number of thiazole rings is 1. The van der Waals surface area contributed by atoms with Crippen LogP contribution in [-0.4, -0.2) is 38.1 Å². The molecule has 1 heterocycles. The normalized spacial score (nSPS) is 10.1. The van der Waals surface area contributed by atoms with Crippen molar-refractivity contribution in [1.29, 1.82) is 0 Å². The van der Waals surface area contributed by atoms with E-state index in [-0.39, 0.29) is 18.3 Å². The van der Waals surface area contributed by atoms with Crippen molar-refractivity contribution in [3.8, 4) is 0 Å². The van der Waals surface area contributed by atoms with Crippen LogP contribution < -0.4 is 10.2 Å². The van der Waals surface area contributed by atoms with Crippen LogP contribution in [0.25, 0.3) is 0 Å². The van der Waals surface area contributed by atoms with E-state index in [4.69, 9.17) is 0 Å². The van der Waals surface area contributed by atoms with Crippen molar-refractivity contribution in [3.63, 3.8) is 0 Å². The Labute approximate surface area is 132 Å². The molecular weight excluding hydrogens is 302 g/mol. The summed E-state index contributed by atoms with van der Waals surface area (Å²) in [5.41, 5.74) is 2.07. The highest BCUT2D eigenvalue weighted by atomic mass is 32.1. The number of nitrogens with zero attached hydrogens (tertiary/aromatic N) is 2. The Kier molecular flexibility index (Phi) is 5.11. The Morgan fingerprint density at radius 3 is 2.82 bits per heavy atom. The lowest BCUT2D eigenvalue weighted by atomic mass is 10.2. The van der Waals surface area contributed by atoms with Crippen LogP contribution in [0.2, 0.25) is 0 Å². The van der Waals surface area contributed by atoms with Crippen molar-refractivity contribution in [2.24, 2.45) is 0 Å². The molecule has 0 fully saturated rings. The number of methoxy groups -OCH3 is 1. The fourth-order valence-corrected chi connectivity index (χ4v) is 2.47. The van der Waals surface area contributed by atoms with Gasteiger partial charge in [0.1, 0.15) is 0 Å². The molecule has 2 rings (SSSR count). The molecule has 0 radical (unpaired) electrons. The van der Waals surface area contributed by atoms with Crippen LogP contribution in [0, 0.1) is 0 Å². The van der Waals surface area contributed by atoms with Gasteiger partial charge in [-0.25, -0.2) is 4.98 Å². The van der Waals surface area contributed by atoms with E-state index in [0.717, 1.165) is 5.69 Å². The molecule has 7 heteroatoms. The zero-order chi connectivity index (χ0) is 16.1. The first kappa shape index (κ1) is 16.0. The lowest BCUT2D eigenvalue weighted by Crippen LogP contribution is -2.14. The molecule has 116 valence electrons.